The SMILES string of the molecule is C.CCCCCCCC[C@H]1CCC[C@@H]1CCCCCCC(=O)O. The van der Waals surface area contributed by atoms with E-state index in [1.54, 1.807) is 0 Å². The lowest BCUT2D eigenvalue weighted by Gasteiger charge is -2.19. The summed E-state index contributed by atoms with van der Waals surface area (Å²) in [6.07, 6.45) is 20.6. The van der Waals surface area contributed by atoms with Crippen molar-refractivity contribution in [1.29, 1.82) is 0 Å². The van der Waals surface area contributed by atoms with Crippen LogP contribution in [0.15, 0.2) is 0 Å². The summed E-state index contributed by atoms with van der Waals surface area (Å²) in [6.45, 7) is 2.28. The van der Waals surface area contributed by atoms with Crippen LogP contribution in [0.5, 0.6) is 0 Å². The molecule has 0 saturated heterocycles. The molecule has 1 rings (SSSR count). The van der Waals surface area contributed by atoms with Crippen LogP contribution < -0.4 is 0 Å². The average Bonchev–Trinajstić information content (AvgIpc) is 2.93. The van der Waals surface area contributed by atoms with Gasteiger partial charge >= 0.3 is 5.97 Å². The van der Waals surface area contributed by atoms with E-state index in [0.717, 1.165) is 24.7 Å². The largest absolute Gasteiger partial charge is 0.481 e. The molecule has 138 valence electrons. The Bertz CT molecular complexity index is 275. The molecule has 0 amide bonds. The van der Waals surface area contributed by atoms with Gasteiger partial charge in [-0.3, -0.25) is 4.79 Å². The van der Waals surface area contributed by atoms with Gasteiger partial charge in [0.25, 0.3) is 0 Å². The Morgan fingerprint density at radius 1 is 0.826 bits per heavy atom. The number of hydrogen-bond donors (Lipinski definition) is 1. The van der Waals surface area contributed by atoms with E-state index in [2.05, 4.69) is 6.92 Å². The first kappa shape index (κ1) is 22.5. The van der Waals surface area contributed by atoms with Crippen LogP contribution in [-0.4, -0.2) is 11.1 Å². The van der Waals surface area contributed by atoms with Crippen molar-refractivity contribution in [2.75, 3.05) is 0 Å². The Morgan fingerprint density at radius 3 is 1.83 bits per heavy atom. The first-order valence-corrected chi connectivity index (χ1v) is 9.95. The number of hydrogen-bond acceptors (Lipinski definition) is 1. The van der Waals surface area contributed by atoms with Crippen molar-refractivity contribution >= 4 is 5.97 Å². The van der Waals surface area contributed by atoms with E-state index in [1.165, 1.54) is 83.5 Å². The van der Waals surface area contributed by atoms with E-state index in [1.807, 2.05) is 0 Å². The molecule has 1 N–H and O–H groups in total. The number of carboxylic acids is 1. The zero-order chi connectivity index (χ0) is 16.0. The van der Waals surface area contributed by atoms with E-state index in [9.17, 15) is 4.79 Å². The summed E-state index contributed by atoms with van der Waals surface area (Å²) in [7, 11) is 0. The van der Waals surface area contributed by atoms with Crippen molar-refractivity contribution in [2.45, 2.75) is 117 Å². The lowest BCUT2D eigenvalue weighted by Crippen LogP contribution is -2.08. The normalized spacial score (nSPS) is 20.4. The van der Waals surface area contributed by atoms with E-state index in [0.29, 0.717) is 6.42 Å². The number of carboxylic acid groups (broad SMARTS) is 1. The van der Waals surface area contributed by atoms with E-state index >= 15 is 0 Å². The van der Waals surface area contributed by atoms with Crippen molar-refractivity contribution in [3.05, 3.63) is 0 Å². The first-order valence-electron chi connectivity index (χ1n) is 9.95. The Balaban J connectivity index is 0.00000484. The fraction of sp³-hybridized carbons (Fsp3) is 0.952. The average molecular weight is 327 g/mol. The van der Waals surface area contributed by atoms with Gasteiger partial charge in [0.1, 0.15) is 0 Å². The minimum absolute atomic E-state index is 0. The highest BCUT2D eigenvalue weighted by molar-refractivity contribution is 5.66. The van der Waals surface area contributed by atoms with Gasteiger partial charge in [-0.15, -0.1) is 0 Å². The van der Waals surface area contributed by atoms with Gasteiger partial charge in [-0.1, -0.05) is 104 Å². The van der Waals surface area contributed by atoms with E-state index in [-0.39, 0.29) is 7.43 Å². The number of carbonyl (C=O) groups is 1. The Kier molecular flexibility index (Phi) is 14.7. The first-order chi connectivity index (χ1) is 10.7. The van der Waals surface area contributed by atoms with E-state index in [4.69, 9.17) is 5.11 Å². The molecule has 23 heavy (non-hydrogen) atoms. The van der Waals surface area contributed by atoms with Crippen LogP contribution in [0, 0.1) is 11.8 Å². The lowest BCUT2D eigenvalue weighted by molar-refractivity contribution is -0.137. The van der Waals surface area contributed by atoms with Crippen molar-refractivity contribution < 1.29 is 9.90 Å². The molecule has 0 bridgehead atoms. The minimum atomic E-state index is -0.644. The molecule has 1 fully saturated rings. The second-order valence-corrected chi connectivity index (χ2v) is 7.35. The molecule has 0 spiro atoms. The fourth-order valence-electron chi connectivity index (χ4n) is 4.10. The third-order valence-electron chi connectivity index (χ3n) is 5.46. The molecule has 0 aromatic heterocycles. The molecular formula is C21H42O2. The van der Waals surface area contributed by atoms with Gasteiger partial charge in [-0.25, -0.2) is 0 Å². The number of unbranched alkanes of at least 4 members (excludes halogenated alkanes) is 8. The van der Waals surface area contributed by atoms with Crippen LogP contribution in [-0.2, 0) is 4.79 Å². The van der Waals surface area contributed by atoms with Gasteiger partial charge in [-0.2, -0.15) is 0 Å². The van der Waals surface area contributed by atoms with Gasteiger partial charge < -0.3 is 5.11 Å². The second kappa shape index (κ2) is 15.0. The summed E-state index contributed by atoms with van der Waals surface area (Å²) in [4.78, 5) is 10.5. The Hall–Kier alpha value is -0.530. The third-order valence-corrected chi connectivity index (χ3v) is 5.46. The Labute approximate surface area is 145 Å². The molecule has 2 nitrogen and oxygen atoms in total. The molecule has 0 unspecified atom stereocenters. The highest BCUT2D eigenvalue weighted by Gasteiger charge is 2.25. The second-order valence-electron chi connectivity index (χ2n) is 7.35. The van der Waals surface area contributed by atoms with Gasteiger partial charge in [-0.05, 0) is 18.3 Å². The topological polar surface area (TPSA) is 37.3 Å². The fourth-order valence-corrected chi connectivity index (χ4v) is 4.10. The van der Waals surface area contributed by atoms with Crippen molar-refractivity contribution in [3.63, 3.8) is 0 Å². The van der Waals surface area contributed by atoms with Gasteiger partial charge in [0, 0.05) is 6.42 Å². The molecule has 0 radical (unpaired) electrons. The molecule has 0 aromatic carbocycles. The molecule has 0 heterocycles. The number of aliphatic carboxylic acids is 1. The van der Waals surface area contributed by atoms with Gasteiger partial charge in [0.15, 0.2) is 0 Å². The zero-order valence-corrected chi connectivity index (χ0v) is 14.8. The monoisotopic (exact) mass is 326 g/mol. The van der Waals surface area contributed by atoms with Crippen molar-refractivity contribution in [1.82, 2.24) is 0 Å². The third kappa shape index (κ3) is 11.6. The summed E-state index contributed by atoms with van der Waals surface area (Å²) in [5.41, 5.74) is 0. The number of rotatable bonds is 14. The van der Waals surface area contributed by atoms with Gasteiger partial charge in [0.05, 0.1) is 0 Å². The maximum Gasteiger partial charge on any atom is 0.303 e. The summed E-state index contributed by atoms with van der Waals surface area (Å²) >= 11 is 0. The quantitative estimate of drug-likeness (QED) is 0.342. The maximum absolute atomic E-state index is 10.5. The summed E-state index contributed by atoms with van der Waals surface area (Å²) in [6, 6.07) is 0. The van der Waals surface area contributed by atoms with Crippen LogP contribution >= 0.6 is 0 Å². The summed E-state index contributed by atoms with van der Waals surface area (Å²) < 4.78 is 0. The molecule has 1 aliphatic carbocycles. The lowest BCUT2D eigenvalue weighted by atomic mass is 9.86. The predicted octanol–water partition coefficient (Wildman–Crippen LogP) is 7.21. The van der Waals surface area contributed by atoms with Crippen molar-refractivity contribution in [3.8, 4) is 0 Å². The smallest absolute Gasteiger partial charge is 0.303 e. The highest BCUT2D eigenvalue weighted by Crippen LogP contribution is 2.38. The van der Waals surface area contributed by atoms with E-state index < -0.39 is 5.97 Å². The van der Waals surface area contributed by atoms with Crippen LogP contribution in [0.25, 0.3) is 0 Å². The molecule has 2 heteroatoms. The highest BCUT2D eigenvalue weighted by atomic mass is 16.4. The molecule has 0 aliphatic heterocycles. The summed E-state index contributed by atoms with van der Waals surface area (Å²) in [5.74, 6) is 1.34. The van der Waals surface area contributed by atoms with Crippen LogP contribution in [0.1, 0.15) is 117 Å². The zero-order valence-electron chi connectivity index (χ0n) is 14.8. The van der Waals surface area contributed by atoms with Crippen molar-refractivity contribution in [2.24, 2.45) is 11.8 Å². The molecule has 1 saturated carbocycles. The summed E-state index contributed by atoms with van der Waals surface area (Å²) in [5, 5.41) is 8.63. The molecule has 2 atom stereocenters. The molecular weight excluding hydrogens is 284 g/mol. The standard InChI is InChI=1S/C20H38O2.CH4/c1-2-3-4-5-6-9-13-18-15-12-16-19(18)14-10-7-8-11-17-20(21)22;/h18-19H,2-17H2,1H3,(H,21,22);1H4/t18-,19-;/m0./s1. The van der Waals surface area contributed by atoms with Gasteiger partial charge in [0.2, 0.25) is 0 Å². The molecule has 1 aliphatic rings. The predicted molar refractivity (Wildman–Crippen MR) is 101 cm³/mol. The Morgan fingerprint density at radius 2 is 1.30 bits per heavy atom. The van der Waals surface area contributed by atoms with Crippen LogP contribution in [0.4, 0.5) is 0 Å². The van der Waals surface area contributed by atoms with Crippen LogP contribution in [0.2, 0.25) is 0 Å². The maximum atomic E-state index is 10.5. The molecule has 0 aromatic rings. The van der Waals surface area contributed by atoms with Crippen LogP contribution in [0.3, 0.4) is 0 Å². The minimum Gasteiger partial charge on any atom is -0.481 e.